The SMILES string of the molecule is COC(=O)c1ccc(N2CCN(Cc3nc4cc(-c5ccc(F)cc5)sc4c(=O)[nH]3)C(C)C2)cc1. The highest BCUT2D eigenvalue weighted by Crippen LogP contribution is 2.31. The van der Waals surface area contributed by atoms with E-state index < -0.39 is 0 Å². The summed E-state index contributed by atoms with van der Waals surface area (Å²) in [5, 5.41) is 0. The number of rotatable bonds is 5. The number of hydrogen-bond acceptors (Lipinski definition) is 7. The zero-order valence-electron chi connectivity index (χ0n) is 19.5. The average Bonchev–Trinajstić information content (AvgIpc) is 3.30. The molecule has 9 heteroatoms. The van der Waals surface area contributed by atoms with Gasteiger partial charge in [-0.05, 0) is 55.0 Å². The monoisotopic (exact) mass is 492 g/mol. The number of ether oxygens (including phenoxy) is 1. The Labute approximate surface area is 205 Å². The van der Waals surface area contributed by atoms with Crippen molar-refractivity contribution in [1.29, 1.82) is 0 Å². The Bertz CT molecular complexity index is 1420. The minimum atomic E-state index is -0.344. The Morgan fingerprint density at radius 3 is 2.60 bits per heavy atom. The number of anilines is 1. The van der Waals surface area contributed by atoms with Crippen molar-refractivity contribution in [1.82, 2.24) is 14.9 Å². The van der Waals surface area contributed by atoms with E-state index >= 15 is 0 Å². The summed E-state index contributed by atoms with van der Waals surface area (Å²) >= 11 is 1.36. The zero-order chi connectivity index (χ0) is 24.5. The second-order valence-electron chi connectivity index (χ2n) is 8.65. The van der Waals surface area contributed by atoms with Crippen molar-refractivity contribution in [3.8, 4) is 10.4 Å². The van der Waals surface area contributed by atoms with Crippen molar-refractivity contribution >= 4 is 33.2 Å². The van der Waals surface area contributed by atoms with Crippen molar-refractivity contribution in [2.24, 2.45) is 0 Å². The molecule has 1 atom stereocenters. The van der Waals surface area contributed by atoms with Gasteiger partial charge in [-0.2, -0.15) is 0 Å². The second kappa shape index (κ2) is 9.59. The molecular formula is C26H25FN4O3S. The third kappa shape index (κ3) is 4.82. The molecule has 1 saturated heterocycles. The van der Waals surface area contributed by atoms with E-state index in [1.165, 1.54) is 30.6 Å². The number of nitrogens with one attached hydrogen (secondary N) is 1. The fraction of sp³-hybridized carbons (Fsp3) is 0.269. The van der Waals surface area contributed by atoms with Crippen LogP contribution in [-0.4, -0.2) is 53.6 Å². The number of H-pyrrole nitrogens is 1. The minimum absolute atomic E-state index is 0.152. The summed E-state index contributed by atoms with van der Waals surface area (Å²) in [5.41, 5.74) is 2.96. The molecule has 0 radical (unpaired) electrons. The molecule has 1 aliphatic rings. The number of hydrogen-bond donors (Lipinski definition) is 1. The van der Waals surface area contributed by atoms with Gasteiger partial charge in [0.15, 0.2) is 0 Å². The van der Waals surface area contributed by atoms with Gasteiger partial charge in [-0.15, -0.1) is 11.3 Å². The number of aromatic nitrogens is 2. The van der Waals surface area contributed by atoms with Crippen molar-refractivity contribution in [2.45, 2.75) is 19.5 Å². The smallest absolute Gasteiger partial charge is 0.337 e. The maximum Gasteiger partial charge on any atom is 0.337 e. The summed E-state index contributed by atoms with van der Waals surface area (Å²) < 4.78 is 18.6. The molecule has 1 unspecified atom stereocenters. The van der Waals surface area contributed by atoms with Crippen molar-refractivity contribution in [3.63, 3.8) is 0 Å². The van der Waals surface area contributed by atoms with Crippen LogP contribution in [0, 0.1) is 5.82 Å². The molecule has 1 aliphatic heterocycles. The van der Waals surface area contributed by atoms with Crippen LogP contribution in [0.1, 0.15) is 23.1 Å². The Kier molecular flexibility index (Phi) is 6.36. The normalized spacial score (nSPS) is 16.5. The number of fused-ring (bicyclic) bond motifs is 1. The molecule has 0 aliphatic carbocycles. The van der Waals surface area contributed by atoms with E-state index in [9.17, 15) is 14.0 Å². The number of halogens is 1. The van der Waals surface area contributed by atoms with Crippen LogP contribution in [0.25, 0.3) is 20.7 Å². The molecule has 7 nitrogen and oxygen atoms in total. The van der Waals surface area contributed by atoms with Gasteiger partial charge in [-0.25, -0.2) is 14.2 Å². The van der Waals surface area contributed by atoms with E-state index in [2.05, 4.69) is 21.7 Å². The van der Waals surface area contributed by atoms with Gasteiger partial charge in [-0.3, -0.25) is 9.69 Å². The van der Waals surface area contributed by atoms with Gasteiger partial charge in [0.05, 0.1) is 24.7 Å². The molecule has 0 saturated carbocycles. The number of esters is 1. The first-order chi connectivity index (χ1) is 16.9. The van der Waals surface area contributed by atoms with Gasteiger partial charge in [0, 0.05) is 36.2 Å². The van der Waals surface area contributed by atoms with Gasteiger partial charge >= 0.3 is 5.97 Å². The third-order valence-electron chi connectivity index (χ3n) is 6.33. The molecule has 0 amide bonds. The van der Waals surface area contributed by atoms with Crippen LogP contribution < -0.4 is 10.5 Å². The van der Waals surface area contributed by atoms with E-state index in [0.29, 0.717) is 28.1 Å². The van der Waals surface area contributed by atoms with Crippen LogP contribution >= 0.6 is 11.3 Å². The van der Waals surface area contributed by atoms with Gasteiger partial charge in [0.1, 0.15) is 16.3 Å². The van der Waals surface area contributed by atoms with Gasteiger partial charge in [0.25, 0.3) is 5.56 Å². The molecule has 1 N–H and O–H groups in total. The van der Waals surface area contributed by atoms with Crippen LogP contribution in [-0.2, 0) is 11.3 Å². The lowest BCUT2D eigenvalue weighted by atomic mass is 10.1. The number of benzene rings is 2. The lowest BCUT2D eigenvalue weighted by Crippen LogP contribution is -2.51. The van der Waals surface area contributed by atoms with Gasteiger partial charge in [-0.1, -0.05) is 12.1 Å². The highest BCUT2D eigenvalue weighted by atomic mass is 32.1. The lowest BCUT2D eigenvalue weighted by molar-refractivity contribution is 0.0600. The van der Waals surface area contributed by atoms with Crippen LogP contribution in [0.4, 0.5) is 10.1 Å². The molecule has 1 fully saturated rings. The summed E-state index contributed by atoms with van der Waals surface area (Å²) in [6, 6.07) is 15.8. The largest absolute Gasteiger partial charge is 0.465 e. The summed E-state index contributed by atoms with van der Waals surface area (Å²) in [7, 11) is 1.37. The number of methoxy groups -OCH3 is 1. The van der Waals surface area contributed by atoms with Crippen LogP contribution in [0.15, 0.2) is 59.4 Å². The van der Waals surface area contributed by atoms with Crippen LogP contribution in [0.3, 0.4) is 0 Å². The first-order valence-electron chi connectivity index (χ1n) is 11.4. The Morgan fingerprint density at radius 2 is 1.91 bits per heavy atom. The number of nitrogens with zero attached hydrogens (tertiary/aromatic N) is 3. The zero-order valence-corrected chi connectivity index (χ0v) is 20.3. The molecule has 4 aromatic rings. The van der Waals surface area contributed by atoms with E-state index in [1.807, 2.05) is 18.2 Å². The molecule has 3 heterocycles. The molecule has 0 bridgehead atoms. The minimum Gasteiger partial charge on any atom is -0.465 e. The molecule has 35 heavy (non-hydrogen) atoms. The lowest BCUT2D eigenvalue weighted by Gasteiger charge is -2.40. The van der Waals surface area contributed by atoms with Crippen LogP contribution in [0.2, 0.25) is 0 Å². The predicted octanol–water partition coefficient (Wildman–Crippen LogP) is 4.29. The van der Waals surface area contributed by atoms with E-state index in [4.69, 9.17) is 9.72 Å². The number of carbonyl (C=O) groups is 1. The molecule has 5 rings (SSSR count). The standard InChI is InChI=1S/C26H25FN4O3S/c1-16-14-31(20-9-5-18(6-10-20)26(33)34-2)12-11-30(16)15-23-28-21-13-22(35-24(21)25(32)29-23)17-3-7-19(27)8-4-17/h3-10,13,16H,11-12,14-15H2,1-2H3,(H,28,29,32). The predicted molar refractivity (Wildman–Crippen MR) is 136 cm³/mol. The number of piperazine rings is 1. The average molecular weight is 493 g/mol. The van der Waals surface area contributed by atoms with E-state index in [-0.39, 0.29) is 23.4 Å². The summed E-state index contributed by atoms with van der Waals surface area (Å²) in [6.45, 7) is 5.15. The molecular weight excluding hydrogens is 467 g/mol. The maximum absolute atomic E-state index is 13.3. The summed E-state index contributed by atoms with van der Waals surface area (Å²) in [6.07, 6.45) is 0. The van der Waals surface area contributed by atoms with E-state index in [0.717, 1.165) is 35.8 Å². The highest BCUT2D eigenvalue weighted by Gasteiger charge is 2.25. The van der Waals surface area contributed by atoms with Gasteiger partial charge in [0.2, 0.25) is 0 Å². The summed E-state index contributed by atoms with van der Waals surface area (Å²) in [4.78, 5) is 37.6. The van der Waals surface area contributed by atoms with Crippen molar-refractivity contribution in [3.05, 3.63) is 82.2 Å². The fourth-order valence-electron chi connectivity index (χ4n) is 4.40. The molecule has 2 aromatic heterocycles. The Balaban J connectivity index is 1.29. The van der Waals surface area contributed by atoms with Crippen molar-refractivity contribution in [2.75, 3.05) is 31.6 Å². The Morgan fingerprint density at radius 1 is 1.17 bits per heavy atom. The molecule has 2 aromatic carbocycles. The summed E-state index contributed by atoms with van der Waals surface area (Å²) in [5.74, 6) is -0.00200. The highest BCUT2D eigenvalue weighted by molar-refractivity contribution is 7.22. The van der Waals surface area contributed by atoms with Gasteiger partial charge < -0.3 is 14.6 Å². The number of aromatic amines is 1. The fourth-order valence-corrected chi connectivity index (χ4v) is 5.40. The van der Waals surface area contributed by atoms with Crippen LogP contribution in [0.5, 0.6) is 0 Å². The molecule has 0 spiro atoms. The Hall–Kier alpha value is -3.56. The third-order valence-corrected chi connectivity index (χ3v) is 7.50. The number of thiophene rings is 1. The van der Waals surface area contributed by atoms with Crippen molar-refractivity contribution < 1.29 is 13.9 Å². The first-order valence-corrected chi connectivity index (χ1v) is 12.2. The quantitative estimate of drug-likeness (QED) is 0.419. The topological polar surface area (TPSA) is 78.5 Å². The maximum atomic E-state index is 13.3. The van der Waals surface area contributed by atoms with E-state index in [1.54, 1.807) is 24.3 Å². The second-order valence-corrected chi connectivity index (χ2v) is 9.70. The molecule has 180 valence electrons. The number of carbonyl (C=O) groups excluding carboxylic acids is 1. The first kappa shape index (κ1) is 23.2.